The Hall–Kier alpha value is -3.34. The van der Waals surface area contributed by atoms with E-state index >= 15 is 0 Å². The Morgan fingerprint density at radius 2 is 1.66 bits per heavy atom. The van der Waals surface area contributed by atoms with Gasteiger partial charge < -0.3 is 34.8 Å². The first-order valence-electron chi connectivity index (χ1n) is 13.6. The molecule has 0 saturated carbocycles. The fourth-order valence-corrected chi connectivity index (χ4v) is 5.64. The van der Waals surface area contributed by atoms with Crippen LogP contribution >= 0.6 is 11.6 Å². The van der Waals surface area contributed by atoms with Crippen molar-refractivity contribution in [2.45, 2.75) is 18.5 Å². The van der Waals surface area contributed by atoms with E-state index in [-0.39, 0.29) is 11.8 Å². The van der Waals surface area contributed by atoms with Crippen LogP contribution in [0.1, 0.15) is 12.0 Å². The van der Waals surface area contributed by atoms with Crippen LogP contribution in [0.4, 0.5) is 0 Å². The van der Waals surface area contributed by atoms with E-state index in [1.807, 2.05) is 54.6 Å². The number of carbonyl (C=O) groups is 1. The third-order valence-corrected chi connectivity index (χ3v) is 8.19. The maximum Gasteiger partial charge on any atom is 0.225 e. The number of halogens is 1. The van der Waals surface area contributed by atoms with Gasteiger partial charge in [0.25, 0.3) is 0 Å². The molecule has 0 aliphatic carbocycles. The second-order valence-electron chi connectivity index (χ2n) is 10.5. The number of benzene rings is 3. The summed E-state index contributed by atoms with van der Waals surface area (Å²) in [7, 11) is 1.63. The lowest BCUT2D eigenvalue weighted by Crippen LogP contribution is -2.58. The number of hydrogen-bond acceptors (Lipinski definition) is 8. The summed E-state index contributed by atoms with van der Waals surface area (Å²) in [5, 5.41) is 31.8. The van der Waals surface area contributed by atoms with Gasteiger partial charge in [-0.05, 0) is 42.3 Å². The largest absolute Gasteiger partial charge is 0.496 e. The first-order valence-corrected chi connectivity index (χ1v) is 14.0. The maximum absolute atomic E-state index is 12.8. The van der Waals surface area contributed by atoms with Crippen molar-refractivity contribution in [1.82, 2.24) is 10.2 Å². The van der Waals surface area contributed by atoms with Crippen LogP contribution in [0.25, 0.3) is 22.3 Å². The SMILES string of the molecule is COc1cc(-c2cccc(-c3ccc4c(c3)OCCO4)c2Cl)ccc1CN1CCC(C(=O)NC(CO)(CO)CO)C1. The summed E-state index contributed by atoms with van der Waals surface area (Å²) in [6.07, 6.45) is 0.632. The molecule has 1 atom stereocenters. The molecule has 2 heterocycles. The highest BCUT2D eigenvalue weighted by atomic mass is 35.5. The quantitative estimate of drug-likeness (QED) is 0.288. The van der Waals surface area contributed by atoms with Crippen molar-refractivity contribution >= 4 is 17.5 Å². The van der Waals surface area contributed by atoms with Gasteiger partial charge in [0.05, 0.1) is 37.9 Å². The summed E-state index contributed by atoms with van der Waals surface area (Å²) in [6.45, 7) is 1.22. The number of aliphatic hydroxyl groups excluding tert-OH is 3. The fourth-order valence-electron chi connectivity index (χ4n) is 5.29. The van der Waals surface area contributed by atoms with Crippen molar-refractivity contribution < 1.29 is 34.3 Å². The standard InChI is InChI=1S/C31H35ClN2O7/c1-39-27-13-20(24-3-2-4-25(29(24)32)21-7-8-26-28(14-21)41-12-11-40-26)5-6-22(27)15-34-10-9-23(16-34)30(38)33-31(17-35,18-36)19-37/h2-8,13-14,23,35-37H,9-12,15-19H2,1H3,(H,33,38). The minimum Gasteiger partial charge on any atom is -0.496 e. The molecule has 9 nitrogen and oxygen atoms in total. The predicted octanol–water partition coefficient (Wildman–Crippen LogP) is 3.11. The van der Waals surface area contributed by atoms with E-state index in [0.29, 0.717) is 50.0 Å². The van der Waals surface area contributed by atoms with E-state index < -0.39 is 25.4 Å². The Balaban J connectivity index is 1.31. The molecule has 218 valence electrons. The van der Waals surface area contributed by atoms with E-state index in [2.05, 4.69) is 10.2 Å². The average molecular weight is 583 g/mol. The topological polar surface area (TPSA) is 121 Å². The van der Waals surface area contributed by atoms with Crippen LogP contribution in [0.15, 0.2) is 54.6 Å². The number of methoxy groups -OCH3 is 1. The van der Waals surface area contributed by atoms with E-state index in [1.165, 1.54) is 0 Å². The molecule has 0 aromatic heterocycles. The first kappa shape index (κ1) is 29.2. The van der Waals surface area contributed by atoms with Crippen molar-refractivity contribution in [1.29, 1.82) is 0 Å². The molecular formula is C31H35ClN2O7. The summed E-state index contributed by atoms with van der Waals surface area (Å²) in [5.41, 5.74) is 3.17. The van der Waals surface area contributed by atoms with Crippen LogP contribution < -0.4 is 19.5 Å². The van der Waals surface area contributed by atoms with Gasteiger partial charge in [-0.15, -0.1) is 0 Å². The van der Waals surface area contributed by atoms with Crippen molar-refractivity contribution in [3.8, 4) is 39.5 Å². The molecule has 2 aliphatic heterocycles. The summed E-state index contributed by atoms with van der Waals surface area (Å²) in [5.74, 6) is 1.55. The van der Waals surface area contributed by atoms with Crippen LogP contribution in [0.3, 0.4) is 0 Å². The number of nitrogens with zero attached hydrogens (tertiary/aromatic N) is 1. The van der Waals surface area contributed by atoms with Gasteiger partial charge in [0.1, 0.15) is 24.5 Å². The van der Waals surface area contributed by atoms with E-state index in [0.717, 1.165) is 39.3 Å². The zero-order valence-electron chi connectivity index (χ0n) is 22.9. The number of ether oxygens (including phenoxy) is 3. The molecule has 5 rings (SSSR count). The fraction of sp³-hybridized carbons (Fsp3) is 0.387. The average Bonchev–Trinajstić information content (AvgIpc) is 3.49. The third-order valence-electron chi connectivity index (χ3n) is 7.78. The van der Waals surface area contributed by atoms with Gasteiger partial charge >= 0.3 is 0 Å². The monoisotopic (exact) mass is 582 g/mol. The van der Waals surface area contributed by atoms with Crippen LogP contribution in [0, 0.1) is 5.92 Å². The Kier molecular flexibility index (Phi) is 9.01. The molecular weight excluding hydrogens is 548 g/mol. The van der Waals surface area contributed by atoms with Crippen LogP contribution in [0.5, 0.6) is 17.2 Å². The molecule has 0 spiro atoms. The number of amides is 1. The lowest BCUT2D eigenvalue weighted by atomic mass is 9.97. The highest BCUT2D eigenvalue weighted by Gasteiger charge is 2.35. The van der Waals surface area contributed by atoms with E-state index in [9.17, 15) is 20.1 Å². The molecule has 0 radical (unpaired) electrons. The molecule has 1 saturated heterocycles. The highest BCUT2D eigenvalue weighted by molar-refractivity contribution is 6.36. The number of hydrogen-bond donors (Lipinski definition) is 4. The second kappa shape index (κ2) is 12.7. The van der Waals surface area contributed by atoms with Gasteiger partial charge in [-0.2, -0.15) is 0 Å². The highest BCUT2D eigenvalue weighted by Crippen LogP contribution is 2.41. The molecule has 3 aromatic carbocycles. The molecule has 3 aromatic rings. The van der Waals surface area contributed by atoms with Crippen molar-refractivity contribution in [2.24, 2.45) is 5.92 Å². The van der Waals surface area contributed by atoms with Gasteiger partial charge in [-0.25, -0.2) is 0 Å². The second-order valence-corrected chi connectivity index (χ2v) is 10.9. The van der Waals surface area contributed by atoms with E-state index in [1.54, 1.807) is 7.11 Å². The molecule has 2 aliphatic rings. The van der Waals surface area contributed by atoms with Gasteiger partial charge in [-0.3, -0.25) is 9.69 Å². The Bertz CT molecular complexity index is 1390. The minimum absolute atomic E-state index is 0.292. The first-order chi connectivity index (χ1) is 19.9. The normalized spacial score (nSPS) is 17.0. The number of nitrogens with one attached hydrogen (secondary N) is 1. The van der Waals surface area contributed by atoms with Gasteiger partial charge in [0.15, 0.2) is 11.5 Å². The summed E-state index contributed by atoms with van der Waals surface area (Å²) < 4.78 is 17.2. The smallest absolute Gasteiger partial charge is 0.225 e. The molecule has 1 fully saturated rings. The molecule has 10 heteroatoms. The maximum atomic E-state index is 12.8. The van der Waals surface area contributed by atoms with Gasteiger partial charge in [0, 0.05) is 29.8 Å². The van der Waals surface area contributed by atoms with Crippen LogP contribution in [0.2, 0.25) is 5.02 Å². The predicted molar refractivity (Wildman–Crippen MR) is 155 cm³/mol. The zero-order chi connectivity index (χ0) is 29.0. The summed E-state index contributed by atoms with van der Waals surface area (Å²) >= 11 is 6.95. The summed E-state index contributed by atoms with van der Waals surface area (Å²) in [4.78, 5) is 14.9. The minimum atomic E-state index is -1.43. The molecule has 0 bridgehead atoms. The zero-order valence-corrected chi connectivity index (χ0v) is 23.7. The molecule has 1 unspecified atom stereocenters. The lowest BCUT2D eigenvalue weighted by molar-refractivity contribution is -0.129. The third kappa shape index (κ3) is 6.14. The van der Waals surface area contributed by atoms with Crippen molar-refractivity contribution in [3.05, 3.63) is 65.2 Å². The van der Waals surface area contributed by atoms with Gasteiger partial charge in [-0.1, -0.05) is 48.0 Å². The molecule has 41 heavy (non-hydrogen) atoms. The molecule has 1 amide bonds. The number of aliphatic hydroxyl groups is 3. The van der Waals surface area contributed by atoms with Crippen molar-refractivity contribution in [3.63, 3.8) is 0 Å². The van der Waals surface area contributed by atoms with Crippen molar-refractivity contribution in [2.75, 3.05) is 53.2 Å². The van der Waals surface area contributed by atoms with E-state index in [4.69, 9.17) is 25.8 Å². The number of rotatable bonds is 10. The Labute approximate surface area is 244 Å². The summed E-state index contributed by atoms with van der Waals surface area (Å²) in [6, 6.07) is 17.8. The number of carbonyl (C=O) groups excluding carboxylic acids is 1. The van der Waals surface area contributed by atoms with Crippen LogP contribution in [-0.4, -0.2) is 84.9 Å². The Morgan fingerprint density at radius 1 is 1.00 bits per heavy atom. The number of fused-ring (bicyclic) bond motifs is 1. The van der Waals surface area contributed by atoms with Gasteiger partial charge in [0.2, 0.25) is 5.91 Å². The number of likely N-dealkylation sites (tertiary alicyclic amines) is 1. The van der Waals surface area contributed by atoms with Crippen LogP contribution in [-0.2, 0) is 11.3 Å². The lowest BCUT2D eigenvalue weighted by Gasteiger charge is -2.30. The Morgan fingerprint density at radius 3 is 2.34 bits per heavy atom. The molecule has 4 N–H and O–H groups in total.